The van der Waals surface area contributed by atoms with Crippen molar-refractivity contribution in [1.29, 1.82) is 0 Å². The monoisotopic (exact) mass is 248 g/mol. The van der Waals surface area contributed by atoms with E-state index in [0.717, 1.165) is 11.8 Å². The highest BCUT2D eigenvalue weighted by molar-refractivity contribution is 7.90. The second-order valence-electron chi connectivity index (χ2n) is 4.18. The fourth-order valence-electron chi connectivity index (χ4n) is 1.23. The van der Waals surface area contributed by atoms with Crippen LogP contribution in [0.2, 0.25) is 0 Å². The minimum Gasteiger partial charge on any atom is -0.340 e. The smallest absolute Gasteiger partial charge is 0.239 e. The molecule has 16 heavy (non-hydrogen) atoms. The van der Waals surface area contributed by atoms with Gasteiger partial charge in [-0.25, -0.2) is 8.42 Å². The van der Waals surface area contributed by atoms with Gasteiger partial charge in [0.25, 0.3) is 0 Å². The molecule has 0 bridgehead atoms. The first-order valence-corrected chi connectivity index (χ1v) is 7.02. The van der Waals surface area contributed by atoms with Gasteiger partial charge in [-0.2, -0.15) is 0 Å². The molecule has 0 radical (unpaired) electrons. The van der Waals surface area contributed by atoms with Gasteiger partial charge in [-0.15, -0.1) is 0 Å². The lowest BCUT2D eigenvalue weighted by molar-refractivity contribution is -0.130. The molecule has 0 heterocycles. The van der Waals surface area contributed by atoms with E-state index in [1.165, 1.54) is 4.90 Å². The molecule has 0 aromatic heterocycles. The van der Waals surface area contributed by atoms with Crippen LogP contribution in [0.3, 0.4) is 0 Å². The predicted octanol–water partition coefficient (Wildman–Crippen LogP) is -0.217. The molecule has 0 fully saturated rings. The van der Waals surface area contributed by atoms with Crippen LogP contribution in [0.5, 0.6) is 0 Å². The third-order valence-corrected chi connectivity index (χ3v) is 2.98. The van der Waals surface area contributed by atoms with Gasteiger partial charge in [0, 0.05) is 19.8 Å². The molecule has 0 aliphatic rings. The molecular formula is C10H20N2O3S. The minimum absolute atomic E-state index is 0.0686. The summed E-state index contributed by atoms with van der Waals surface area (Å²) in [7, 11) is -1.45. The fraction of sp³-hybridized carbons (Fsp3) is 0.700. The van der Waals surface area contributed by atoms with Crippen LogP contribution in [-0.2, 0) is 14.6 Å². The highest BCUT2D eigenvalue weighted by Gasteiger charge is 2.19. The van der Waals surface area contributed by atoms with Crippen molar-refractivity contribution in [2.75, 3.05) is 25.6 Å². The Morgan fingerprint density at radius 3 is 2.38 bits per heavy atom. The van der Waals surface area contributed by atoms with Crippen molar-refractivity contribution in [2.45, 2.75) is 19.4 Å². The lowest BCUT2D eigenvalue weighted by atomic mass is 10.2. The quantitative estimate of drug-likeness (QED) is 0.659. The van der Waals surface area contributed by atoms with Gasteiger partial charge < -0.3 is 10.6 Å². The van der Waals surface area contributed by atoms with Crippen LogP contribution in [0.15, 0.2) is 12.2 Å². The highest BCUT2D eigenvalue weighted by atomic mass is 32.2. The Morgan fingerprint density at radius 2 is 2.00 bits per heavy atom. The van der Waals surface area contributed by atoms with Crippen molar-refractivity contribution >= 4 is 15.7 Å². The number of hydrogen-bond acceptors (Lipinski definition) is 4. The molecule has 0 aliphatic carbocycles. The Kier molecular flexibility index (Phi) is 5.67. The number of carbonyl (C=O) groups is 1. The molecule has 1 atom stereocenters. The Morgan fingerprint density at radius 1 is 1.50 bits per heavy atom. The largest absolute Gasteiger partial charge is 0.340 e. The number of carbonyl (C=O) groups excluding carboxylic acids is 1. The van der Waals surface area contributed by atoms with Gasteiger partial charge in [0.05, 0.1) is 11.8 Å². The van der Waals surface area contributed by atoms with Crippen LogP contribution in [0, 0.1) is 0 Å². The van der Waals surface area contributed by atoms with Crippen LogP contribution < -0.4 is 5.73 Å². The summed E-state index contributed by atoms with van der Waals surface area (Å²) in [5.74, 6) is -0.326. The molecule has 5 nitrogen and oxygen atoms in total. The Hall–Kier alpha value is -0.880. The van der Waals surface area contributed by atoms with Crippen molar-refractivity contribution in [2.24, 2.45) is 5.73 Å². The van der Waals surface area contributed by atoms with Crippen molar-refractivity contribution in [3.63, 3.8) is 0 Å². The first kappa shape index (κ1) is 15.1. The fourth-order valence-corrected chi connectivity index (χ4v) is 1.91. The van der Waals surface area contributed by atoms with E-state index in [9.17, 15) is 13.2 Å². The zero-order chi connectivity index (χ0) is 12.9. The zero-order valence-corrected chi connectivity index (χ0v) is 10.9. The molecule has 0 aliphatic heterocycles. The van der Waals surface area contributed by atoms with Crippen molar-refractivity contribution < 1.29 is 13.2 Å². The number of likely N-dealkylation sites (N-methyl/N-ethyl adjacent to an activating group) is 1. The Labute approximate surface area is 97.2 Å². The maximum Gasteiger partial charge on any atom is 0.239 e. The number of amides is 1. The number of rotatable bonds is 6. The Balaban J connectivity index is 4.23. The summed E-state index contributed by atoms with van der Waals surface area (Å²) < 4.78 is 21.8. The molecule has 2 N–H and O–H groups in total. The van der Waals surface area contributed by atoms with Gasteiger partial charge in [-0.05, 0) is 13.3 Å². The van der Waals surface area contributed by atoms with Crippen LogP contribution in [0.4, 0.5) is 0 Å². The number of nitrogens with two attached hydrogens (primary N) is 1. The summed E-state index contributed by atoms with van der Waals surface area (Å²) >= 11 is 0. The van der Waals surface area contributed by atoms with Crippen molar-refractivity contribution in [3.05, 3.63) is 12.2 Å². The van der Waals surface area contributed by atoms with Gasteiger partial charge in [0.15, 0.2) is 0 Å². The third-order valence-electron chi connectivity index (χ3n) is 2.00. The summed E-state index contributed by atoms with van der Waals surface area (Å²) in [6, 6.07) is -0.765. The predicted molar refractivity (Wildman–Crippen MR) is 64.8 cm³/mol. The van der Waals surface area contributed by atoms with Crippen molar-refractivity contribution in [3.8, 4) is 0 Å². The number of sulfone groups is 1. The van der Waals surface area contributed by atoms with E-state index in [4.69, 9.17) is 5.73 Å². The average Bonchev–Trinajstić information content (AvgIpc) is 2.10. The second-order valence-corrected chi connectivity index (χ2v) is 6.44. The molecule has 0 aromatic carbocycles. The lowest BCUT2D eigenvalue weighted by Gasteiger charge is -2.21. The molecule has 6 heteroatoms. The van der Waals surface area contributed by atoms with Crippen LogP contribution >= 0.6 is 0 Å². The van der Waals surface area contributed by atoms with Gasteiger partial charge >= 0.3 is 0 Å². The maximum absolute atomic E-state index is 11.7. The van der Waals surface area contributed by atoms with E-state index >= 15 is 0 Å². The summed E-state index contributed by atoms with van der Waals surface area (Å²) in [5, 5.41) is 0. The van der Waals surface area contributed by atoms with Crippen molar-refractivity contribution in [1.82, 2.24) is 4.90 Å². The molecule has 1 unspecified atom stereocenters. The molecule has 0 rings (SSSR count). The third kappa shape index (κ3) is 6.58. The van der Waals surface area contributed by atoms with Gasteiger partial charge in [-0.1, -0.05) is 12.2 Å². The first-order valence-electron chi connectivity index (χ1n) is 4.96. The first-order chi connectivity index (χ1) is 7.13. The normalized spacial score (nSPS) is 13.2. The summed E-state index contributed by atoms with van der Waals surface area (Å²) in [4.78, 5) is 13.1. The Bertz CT molecular complexity index is 362. The molecular weight excluding hydrogens is 228 g/mol. The SMILES string of the molecule is C=C(C)CN(C)C(=O)C(N)CCS(C)(=O)=O. The molecule has 0 saturated carbocycles. The van der Waals surface area contributed by atoms with E-state index < -0.39 is 15.9 Å². The maximum atomic E-state index is 11.7. The van der Waals surface area contributed by atoms with E-state index in [1.807, 2.05) is 6.92 Å². The van der Waals surface area contributed by atoms with Crippen LogP contribution in [-0.4, -0.2) is 50.9 Å². The van der Waals surface area contributed by atoms with Crippen LogP contribution in [0.1, 0.15) is 13.3 Å². The lowest BCUT2D eigenvalue weighted by Crippen LogP contribution is -2.43. The summed E-state index contributed by atoms with van der Waals surface area (Å²) in [6.07, 6.45) is 1.28. The number of nitrogens with zero attached hydrogens (tertiary/aromatic N) is 1. The standard InChI is InChI=1S/C10H20N2O3S/c1-8(2)7-12(3)10(13)9(11)5-6-16(4,14)15/h9H,1,5-7,11H2,2-4H3. The molecule has 0 saturated heterocycles. The minimum atomic E-state index is -3.07. The van der Waals surface area contributed by atoms with E-state index in [2.05, 4.69) is 6.58 Å². The van der Waals surface area contributed by atoms with Gasteiger partial charge in [0.2, 0.25) is 5.91 Å². The van der Waals surface area contributed by atoms with E-state index in [1.54, 1.807) is 7.05 Å². The van der Waals surface area contributed by atoms with E-state index in [-0.39, 0.29) is 18.1 Å². The molecule has 1 amide bonds. The summed E-state index contributed by atoms with van der Waals surface area (Å²) in [5.41, 5.74) is 6.47. The topological polar surface area (TPSA) is 80.5 Å². The van der Waals surface area contributed by atoms with E-state index in [0.29, 0.717) is 6.54 Å². The van der Waals surface area contributed by atoms with Crippen LogP contribution in [0.25, 0.3) is 0 Å². The molecule has 0 aromatic rings. The molecule has 94 valence electrons. The second kappa shape index (κ2) is 6.00. The zero-order valence-electron chi connectivity index (χ0n) is 10.1. The highest BCUT2D eigenvalue weighted by Crippen LogP contribution is 2.00. The molecule has 0 spiro atoms. The van der Waals surface area contributed by atoms with Gasteiger partial charge in [0.1, 0.15) is 9.84 Å². The van der Waals surface area contributed by atoms with Gasteiger partial charge in [-0.3, -0.25) is 4.79 Å². The summed E-state index contributed by atoms with van der Waals surface area (Å²) in [6.45, 7) is 5.94. The average molecular weight is 248 g/mol. The number of hydrogen-bond donors (Lipinski definition) is 1.